The van der Waals surface area contributed by atoms with Crippen molar-refractivity contribution in [2.24, 2.45) is 0 Å². The normalized spacial score (nSPS) is 10.0. The molecule has 1 N–H and O–H groups in total. The van der Waals surface area contributed by atoms with Crippen molar-refractivity contribution in [1.29, 1.82) is 0 Å². The molecule has 0 saturated carbocycles. The minimum absolute atomic E-state index is 0.0890. The molecule has 1 aromatic rings. The van der Waals surface area contributed by atoms with E-state index in [1.54, 1.807) is 6.92 Å². The van der Waals surface area contributed by atoms with Gasteiger partial charge in [0.05, 0.1) is 19.6 Å². The lowest BCUT2D eigenvalue weighted by Crippen LogP contribution is -2.26. The fourth-order valence-electron chi connectivity index (χ4n) is 1.60. The summed E-state index contributed by atoms with van der Waals surface area (Å²) < 4.78 is 11.2. The first-order chi connectivity index (χ1) is 10.1. The van der Waals surface area contributed by atoms with E-state index in [2.05, 4.69) is 21.2 Å². The molecule has 0 bridgehead atoms. The molecular weight excluding hydrogens is 338 g/mol. The number of hydrogen-bond donors (Lipinski definition) is 1. The molecule has 0 aliphatic carbocycles. The van der Waals surface area contributed by atoms with Gasteiger partial charge in [-0.15, -0.1) is 0 Å². The third-order valence-corrected chi connectivity index (χ3v) is 3.07. The Morgan fingerprint density at radius 1 is 1.29 bits per heavy atom. The minimum Gasteiger partial charge on any atom is -0.493 e. The van der Waals surface area contributed by atoms with Gasteiger partial charge in [0, 0.05) is 17.4 Å². The number of esters is 1. The van der Waals surface area contributed by atoms with Crippen molar-refractivity contribution in [3.8, 4) is 5.75 Å². The van der Waals surface area contributed by atoms with E-state index in [0.29, 0.717) is 32.6 Å². The first-order valence-electron chi connectivity index (χ1n) is 6.92. The van der Waals surface area contributed by atoms with Crippen LogP contribution >= 0.6 is 15.9 Å². The molecule has 0 fully saturated rings. The zero-order valence-corrected chi connectivity index (χ0v) is 13.6. The molecule has 0 unspecified atom stereocenters. The van der Waals surface area contributed by atoms with Crippen LogP contribution in [0.2, 0.25) is 0 Å². The summed E-state index contributed by atoms with van der Waals surface area (Å²) in [5.41, 5.74) is 0. The third kappa shape index (κ3) is 8.34. The highest BCUT2D eigenvalue weighted by Crippen LogP contribution is 2.17. The van der Waals surface area contributed by atoms with Crippen LogP contribution in [-0.4, -0.2) is 31.6 Å². The predicted octanol–water partition coefficient (Wildman–Crippen LogP) is 2.68. The molecule has 5 nitrogen and oxygen atoms in total. The summed E-state index contributed by atoms with van der Waals surface area (Å²) in [6.45, 7) is 2.94. The summed E-state index contributed by atoms with van der Waals surface area (Å²) in [7, 11) is 0. The van der Waals surface area contributed by atoms with Crippen LogP contribution in [-0.2, 0) is 14.3 Å². The van der Waals surface area contributed by atoms with Crippen LogP contribution in [0.3, 0.4) is 0 Å². The van der Waals surface area contributed by atoms with Gasteiger partial charge in [-0.1, -0.05) is 22.0 Å². The molecule has 1 aromatic carbocycles. The zero-order valence-electron chi connectivity index (χ0n) is 12.1. The largest absolute Gasteiger partial charge is 0.493 e. The van der Waals surface area contributed by atoms with Crippen LogP contribution in [0.5, 0.6) is 5.75 Å². The van der Waals surface area contributed by atoms with Gasteiger partial charge in [0.1, 0.15) is 5.75 Å². The fourth-order valence-corrected chi connectivity index (χ4v) is 1.98. The van der Waals surface area contributed by atoms with Crippen LogP contribution < -0.4 is 10.1 Å². The SMILES string of the molecule is CCOC(=O)CCCNC(=O)CCOc1cccc(Br)c1. The summed E-state index contributed by atoms with van der Waals surface area (Å²) in [4.78, 5) is 22.6. The van der Waals surface area contributed by atoms with E-state index in [0.717, 1.165) is 10.2 Å². The van der Waals surface area contributed by atoms with Crippen LogP contribution in [0.15, 0.2) is 28.7 Å². The van der Waals surface area contributed by atoms with Crippen molar-refractivity contribution < 1.29 is 19.1 Å². The van der Waals surface area contributed by atoms with Crippen LogP contribution in [0.4, 0.5) is 0 Å². The molecule has 116 valence electrons. The van der Waals surface area contributed by atoms with Crippen molar-refractivity contribution in [1.82, 2.24) is 5.32 Å². The molecule has 0 aliphatic heterocycles. The van der Waals surface area contributed by atoms with Gasteiger partial charge in [0.25, 0.3) is 0 Å². The van der Waals surface area contributed by atoms with E-state index in [1.807, 2.05) is 24.3 Å². The van der Waals surface area contributed by atoms with E-state index < -0.39 is 0 Å². The summed E-state index contributed by atoms with van der Waals surface area (Å²) in [6.07, 6.45) is 1.19. The van der Waals surface area contributed by atoms with Crippen molar-refractivity contribution in [2.45, 2.75) is 26.2 Å². The number of benzene rings is 1. The van der Waals surface area contributed by atoms with Crippen molar-refractivity contribution >= 4 is 27.8 Å². The average molecular weight is 358 g/mol. The molecule has 1 rings (SSSR count). The Hall–Kier alpha value is -1.56. The maximum absolute atomic E-state index is 11.6. The van der Waals surface area contributed by atoms with Crippen LogP contribution in [0, 0.1) is 0 Å². The van der Waals surface area contributed by atoms with Gasteiger partial charge in [-0.25, -0.2) is 0 Å². The highest BCUT2D eigenvalue weighted by atomic mass is 79.9. The van der Waals surface area contributed by atoms with Crippen molar-refractivity contribution in [3.63, 3.8) is 0 Å². The lowest BCUT2D eigenvalue weighted by Gasteiger charge is -2.07. The average Bonchev–Trinajstić information content (AvgIpc) is 2.44. The summed E-state index contributed by atoms with van der Waals surface area (Å²) >= 11 is 3.35. The van der Waals surface area contributed by atoms with Gasteiger partial charge in [-0.2, -0.15) is 0 Å². The Morgan fingerprint density at radius 3 is 2.81 bits per heavy atom. The number of carbonyl (C=O) groups is 2. The molecule has 0 aromatic heterocycles. The van der Waals surface area contributed by atoms with Crippen molar-refractivity contribution in [2.75, 3.05) is 19.8 Å². The molecule has 0 atom stereocenters. The van der Waals surface area contributed by atoms with Crippen LogP contribution in [0.25, 0.3) is 0 Å². The van der Waals surface area contributed by atoms with E-state index >= 15 is 0 Å². The van der Waals surface area contributed by atoms with E-state index in [4.69, 9.17) is 9.47 Å². The lowest BCUT2D eigenvalue weighted by atomic mass is 10.3. The topological polar surface area (TPSA) is 64.6 Å². The van der Waals surface area contributed by atoms with Gasteiger partial charge < -0.3 is 14.8 Å². The molecule has 0 saturated heterocycles. The maximum atomic E-state index is 11.6. The van der Waals surface area contributed by atoms with Gasteiger partial charge in [-0.05, 0) is 31.5 Å². The fraction of sp³-hybridized carbons (Fsp3) is 0.467. The molecule has 0 aliphatic rings. The van der Waals surface area contributed by atoms with Crippen molar-refractivity contribution in [3.05, 3.63) is 28.7 Å². The van der Waals surface area contributed by atoms with E-state index in [-0.39, 0.29) is 18.3 Å². The first kappa shape index (κ1) is 17.5. The standard InChI is InChI=1S/C15H20BrNO4/c1-2-20-15(19)7-4-9-17-14(18)8-10-21-13-6-3-5-12(16)11-13/h3,5-6,11H,2,4,7-10H2,1H3,(H,17,18). The smallest absolute Gasteiger partial charge is 0.305 e. The highest BCUT2D eigenvalue weighted by molar-refractivity contribution is 9.10. The number of halogens is 1. The van der Waals surface area contributed by atoms with Gasteiger partial charge >= 0.3 is 5.97 Å². The second-order valence-electron chi connectivity index (χ2n) is 4.31. The van der Waals surface area contributed by atoms with E-state index in [9.17, 15) is 9.59 Å². The monoisotopic (exact) mass is 357 g/mol. The number of nitrogens with one attached hydrogen (secondary N) is 1. The molecule has 21 heavy (non-hydrogen) atoms. The first-order valence-corrected chi connectivity index (χ1v) is 7.71. The van der Waals surface area contributed by atoms with E-state index in [1.165, 1.54) is 0 Å². The lowest BCUT2D eigenvalue weighted by molar-refractivity contribution is -0.143. The van der Waals surface area contributed by atoms with Gasteiger partial charge in [0.15, 0.2) is 0 Å². The van der Waals surface area contributed by atoms with Gasteiger partial charge in [0.2, 0.25) is 5.91 Å². The highest BCUT2D eigenvalue weighted by Gasteiger charge is 2.04. The Kier molecular flexibility index (Phi) is 8.50. The number of amides is 1. The molecule has 0 spiro atoms. The Balaban J connectivity index is 2.07. The number of rotatable bonds is 9. The molecule has 0 radical (unpaired) electrons. The number of hydrogen-bond acceptors (Lipinski definition) is 4. The molecular formula is C15H20BrNO4. The summed E-state index contributed by atoms with van der Waals surface area (Å²) in [5, 5.41) is 2.74. The Bertz CT molecular complexity index is 465. The molecule has 0 heterocycles. The maximum Gasteiger partial charge on any atom is 0.305 e. The summed E-state index contributed by atoms with van der Waals surface area (Å²) in [5.74, 6) is 0.401. The molecule has 1 amide bonds. The van der Waals surface area contributed by atoms with Crippen LogP contribution in [0.1, 0.15) is 26.2 Å². The second-order valence-corrected chi connectivity index (χ2v) is 5.23. The molecule has 6 heteroatoms. The second kappa shape index (κ2) is 10.2. The predicted molar refractivity (Wildman–Crippen MR) is 83.1 cm³/mol. The Morgan fingerprint density at radius 2 is 2.10 bits per heavy atom. The quantitative estimate of drug-likeness (QED) is 0.545. The minimum atomic E-state index is -0.232. The zero-order chi connectivity index (χ0) is 15.5. The van der Waals surface area contributed by atoms with Gasteiger partial charge in [-0.3, -0.25) is 9.59 Å². The number of ether oxygens (including phenoxy) is 2. The Labute approximate surface area is 133 Å². The summed E-state index contributed by atoms with van der Waals surface area (Å²) in [6, 6.07) is 7.46. The number of carbonyl (C=O) groups excluding carboxylic acids is 2. The third-order valence-electron chi connectivity index (χ3n) is 2.58.